The average Bonchev–Trinajstić information content (AvgIpc) is 1.83. The highest BCUT2D eigenvalue weighted by atomic mass is 32.2. The largest absolute Gasteiger partial charge is 0.472 e. The number of halogens is 3. The Labute approximate surface area is 72.1 Å². The van der Waals surface area contributed by atoms with Gasteiger partial charge in [0, 0.05) is 0 Å². The average molecular weight is 221 g/mol. The Morgan fingerprint density at radius 2 is 1.92 bits per heavy atom. The highest BCUT2D eigenvalue weighted by Crippen LogP contribution is 2.14. The summed E-state index contributed by atoms with van der Waals surface area (Å²) in [7, 11) is -4.63. The van der Waals surface area contributed by atoms with Crippen LogP contribution in [0.25, 0.3) is 0 Å². The predicted octanol–water partition coefficient (Wildman–Crippen LogP) is -0.0538. The van der Waals surface area contributed by atoms with Crippen molar-refractivity contribution in [3.05, 3.63) is 0 Å². The quantitative estimate of drug-likeness (QED) is 0.725. The maximum absolute atomic E-state index is 11.5. The van der Waals surface area contributed by atoms with Crippen LogP contribution >= 0.6 is 0 Å². The molecule has 0 aromatic carbocycles. The fraction of sp³-hybridized carbons (Fsp3) is 0.750. The van der Waals surface area contributed by atoms with Gasteiger partial charge in [-0.15, -0.1) is 0 Å². The first-order valence-corrected chi connectivity index (χ1v) is 4.38. The number of nitrogens with one attached hydrogen (secondary N) is 1. The fourth-order valence-corrected chi connectivity index (χ4v) is 1.07. The fourth-order valence-electron chi connectivity index (χ4n) is 0.356. The molecule has 0 saturated heterocycles. The minimum atomic E-state index is -5.25. The molecule has 0 radical (unpaired) electrons. The van der Waals surface area contributed by atoms with E-state index in [2.05, 4.69) is 4.18 Å². The summed E-state index contributed by atoms with van der Waals surface area (Å²) in [5.41, 5.74) is 0. The molecule has 13 heavy (non-hydrogen) atoms. The van der Waals surface area contributed by atoms with Crippen molar-refractivity contribution in [2.75, 3.05) is 6.61 Å². The van der Waals surface area contributed by atoms with E-state index in [9.17, 15) is 26.4 Å². The number of carbonyl (C=O) groups excluding carboxylic acids is 1. The van der Waals surface area contributed by atoms with Crippen LogP contribution in [0.3, 0.4) is 0 Å². The lowest BCUT2D eigenvalue weighted by Crippen LogP contribution is -2.41. The molecule has 0 heterocycles. The molecule has 0 bridgehead atoms. The van der Waals surface area contributed by atoms with Crippen LogP contribution in [0.2, 0.25) is 0 Å². The number of alkyl halides is 3. The number of amides is 1. The third-order valence-corrected chi connectivity index (χ3v) is 1.73. The summed E-state index contributed by atoms with van der Waals surface area (Å²) in [4.78, 5) is 10.1. The van der Waals surface area contributed by atoms with Crippen LogP contribution < -0.4 is 4.72 Å². The first-order chi connectivity index (χ1) is 5.69. The standard InChI is InChI=1S/C4H6F3NO4S/c1-2-12-13(10,11)8-3(9)4(5,6)7/h2H2,1H3,(H,8,9). The van der Waals surface area contributed by atoms with Crippen molar-refractivity contribution in [3.63, 3.8) is 0 Å². The van der Waals surface area contributed by atoms with Crippen molar-refractivity contribution >= 4 is 16.2 Å². The van der Waals surface area contributed by atoms with Gasteiger partial charge in [0.2, 0.25) is 0 Å². The number of hydrogen-bond acceptors (Lipinski definition) is 4. The Morgan fingerprint density at radius 1 is 1.46 bits per heavy atom. The monoisotopic (exact) mass is 221 g/mol. The van der Waals surface area contributed by atoms with Crippen molar-refractivity contribution in [2.24, 2.45) is 0 Å². The van der Waals surface area contributed by atoms with Gasteiger partial charge < -0.3 is 0 Å². The lowest BCUT2D eigenvalue weighted by molar-refractivity contribution is -0.171. The zero-order valence-electron chi connectivity index (χ0n) is 6.38. The van der Waals surface area contributed by atoms with Gasteiger partial charge >= 0.3 is 22.4 Å². The topological polar surface area (TPSA) is 72.5 Å². The molecule has 0 saturated carbocycles. The van der Waals surface area contributed by atoms with Crippen LogP contribution in [-0.2, 0) is 19.3 Å². The molecule has 0 aliphatic rings. The van der Waals surface area contributed by atoms with Crippen LogP contribution in [0.15, 0.2) is 0 Å². The van der Waals surface area contributed by atoms with E-state index < -0.39 is 22.4 Å². The second-order valence-corrected chi connectivity index (χ2v) is 3.14. The van der Waals surface area contributed by atoms with E-state index in [1.165, 1.54) is 6.92 Å². The van der Waals surface area contributed by atoms with E-state index in [-0.39, 0.29) is 6.61 Å². The maximum atomic E-state index is 11.5. The molecule has 0 aliphatic heterocycles. The van der Waals surface area contributed by atoms with E-state index in [0.29, 0.717) is 4.72 Å². The van der Waals surface area contributed by atoms with Crippen LogP contribution in [0.5, 0.6) is 0 Å². The van der Waals surface area contributed by atoms with E-state index in [1.54, 1.807) is 0 Å². The van der Waals surface area contributed by atoms with Crippen LogP contribution in [0.1, 0.15) is 6.92 Å². The van der Waals surface area contributed by atoms with Gasteiger partial charge in [0.25, 0.3) is 0 Å². The molecule has 1 N–H and O–H groups in total. The minimum absolute atomic E-state index is 0.361. The van der Waals surface area contributed by atoms with E-state index in [4.69, 9.17) is 0 Å². The Balaban J connectivity index is 4.39. The number of carbonyl (C=O) groups is 1. The van der Waals surface area contributed by atoms with Crippen molar-refractivity contribution < 1.29 is 30.6 Å². The molecule has 0 spiro atoms. The minimum Gasteiger partial charge on any atom is -0.263 e. The van der Waals surface area contributed by atoms with Gasteiger partial charge in [-0.25, -0.2) is 4.72 Å². The Morgan fingerprint density at radius 3 is 2.23 bits per heavy atom. The summed E-state index contributed by atoms with van der Waals surface area (Å²) in [6.07, 6.45) is -5.25. The Bertz CT molecular complexity index is 282. The van der Waals surface area contributed by atoms with Crippen LogP contribution in [-0.4, -0.2) is 27.1 Å². The summed E-state index contributed by atoms with van der Waals surface area (Å²) in [5.74, 6) is -2.58. The summed E-state index contributed by atoms with van der Waals surface area (Å²) in [5, 5.41) is 0. The van der Waals surface area contributed by atoms with E-state index >= 15 is 0 Å². The van der Waals surface area contributed by atoms with Crippen LogP contribution in [0, 0.1) is 0 Å². The third kappa shape index (κ3) is 4.68. The van der Waals surface area contributed by atoms with Gasteiger partial charge in [0.1, 0.15) is 0 Å². The van der Waals surface area contributed by atoms with Crippen LogP contribution in [0.4, 0.5) is 13.2 Å². The SMILES string of the molecule is CCOS(=O)(=O)NC(=O)C(F)(F)F. The highest BCUT2D eigenvalue weighted by molar-refractivity contribution is 7.85. The van der Waals surface area contributed by atoms with Crippen molar-refractivity contribution in [2.45, 2.75) is 13.1 Å². The molecule has 5 nitrogen and oxygen atoms in total. The van der Waals surface area contributed by atoms with Gasteiger partial charge in [-0.3, -0.25) is 8.98 Å². The van der Waals surface area contributed by atoms with Gasteiger partial charge in [0.05, 0.1) is 6.61 Å². The molecular weight excluding hydrogens is 215 g/mol. The molecule has 0 aromatic rings. The molecule has 78 valence electrons. The molecule has 0 aromatic heterocycles. The third-order valence-electron chi connectivity index (χ3n) is 0.748. The zero-order chi connectivity index (χ0) is 10.7. The van der Waals surface area contributed by atoms with Crippen molar-refractivity contribution in [3.8, 4) is 0 Å². The summed E-state index contributed by atoms with van der Waals surface area (Å²) in [6.45, 7) is 0.887. The van der Waals surface area contributed by atoms with Crippen molar-refractivity contribution in [1.29, 1.82) is 0 Å². The smallest absolute Gasteiger partial charge is 0.263 e. The predicted molar refractivity (Wildman–Crippen MR) is 34.7 cm³/mol. The lowest BCUT2D eigenvalue weighted by Gasteiger charge is -2.07. The van der Waals surface area contributed by atoms with Gasteiger partial charge in [-0.2, -0.15) is 21.6 Å². The number of rotatable bonds is 3. The molecule has 1 amide bonds. The Hall–Kier alpha value is -0.830. The van der Waals surface area contributed by atoms with E-state index in [1.807, 2.05) is 0 Å². The van der Waals surface area contributed by atoms with Gasteiger partial charge in [-0.1, -0.05) is 0 Å². The first-order valence-electron chi connectivity index (χ1n) is 2.97. The second-order valence-electron chi connectivity index (χ2n) is 1.79. The lowest BCUT2D eigenvalue weighted by atomic mass is 10.6. The maximum Gasteiger partial charge on any atom is 0.472 e. The second kappa shape index (κ2) is 3.92. The molecule has 0 fully saturated rings. The normalized spacial score (nSPS) is 12.6. The summed E-state index contributed by atoms with van der Waals surface area (Å²) < 4.78 is 59.8. The molecule has 0 aliphatic carbocycles. The van der Waals surface area contributed by atoms with Gasteiger partial charge in [-0.05, 0) is 6.92 Å². The van der Waals surface area contributed by atoms with Gasteiger partial charge in [0.15, 0.2) is 0 Å². The first kappa shape index (κ1) is 12.2. The molecule has 0 rings (SSSR count). The Kier molecular flexibility index (Phi) is 3.67. The molecule has 9 heteroatoms. The molecular formula is C4H6F3NO4S. The highest BCUT2D eigenvalue weighted by Gasteiger charge is 2.41. The summed E-state index contributed by atoms with van der Waals surface area (Å²) >= 11 is 0. The summed E-state index contributed by atoms with van der Waals surface area (Å²) in [6, 6.07) is 0. The number of hydrogen-bond donors (Lipinski definition) is 1. The molecule has 0 atom stereocenters. The molecule has 0 unspecified atom stereocenters. The van der Waals surface area contributed by atoms with Crippen molar-refractivity contribution in [1.82, 2.24) is 4.72 Å². The zero-order valence-corrected chi connectivity index (χ0v) is 7.20. The van der Waals surface area contributed by atoms with E-state index in [0.717, 1.165) is 0 Å².